The maximum Gasteiger partial charge on any atom is 0.139 e. The zero-order chi connectivity index (χ0) is 9.35. The first-order chi connectivity index (χ1) is 5.42. The Balaban J connectivity index is 2.60. The summed E-state index contributed by atoms with van der Waals surface area (Å²) in [4.78, 5) is 11.5. The van der Waals surface area contributed by atoms with Gasteiger partial charge in [0.1, 0.15) is 5.78 Å². The average Bonchev–Trinajstić information content (AvgIpc) is 1.83. The van der Waals surface area contributed by atoms with Crippen LogP contribution in [0.3, 0.4) is 0 Å². The summed E-state index contributed by atoms with van der Waals surface area (Å²) >= 11 is 0. The molecule has 0 aromatic carbocycles. The topological polar surface area (TPSA) is 37.3 Å². The first kappa shape index (κ1) is 9.72. The first-order valence-electron chi connectivity index (χ1n) is 4.67. The molecule has 1 saturated carbocycles. The van der Waals surface area contributed by atoms with Gasteiger partial charge in [-0.05, 0) is 25.7 Å². The predicted molar refractivity (Wildman–Crippen MR) is 47.8 cm³/mol. The molecule has 12 heavy (non-hydrogen) atoms. The van der Waals surface area contributed by atoms with Crippen molar-refractivity contribution in [1.82, 2.24) is 0 Å². The third kappa shape index (κ3) is 2.07. The lowest BCUT2D eigenvalue weighted by atomic mass is 9.74. The van der Waals surface area contributed by atoms with Crippen LogP contribution in [0.15, 0.2) is 0 Å². The van der Waals surface area contributed by atoms with Gasteiger partial charge in [0, 0.05) is 12.3 Å². The largest absolute Gasteiger partial charge is 0.390 e. The molecule has 2 nitrogen and oxygen atoms in total. The van der Waals surface area contributed by atoms with Gasteiger partial charge in [0.25, 0.3) is 0 Å². The van der Waals surface area contributed by atoms with E-state index in [1.165, 1.54) is 0 Å². The van der Waals surface area contributed by atoms with E-state index in [4.69, 9.17) is 0 Å². The molecule has 70 valence electrons. The van der Waals surface area contributed by atoms with Crippen molar-refractivity contribution < 1.29 is 9.90 Å². The zero-order valence-electron chi connectivity index (χ0n) is 8.13. The van der Waals surface area contributed by atoms with Gasteiger partial charge in [-0.1, -0.05) is 13.8 Å². The van der Waals surface area contributed by atoms with Crippen LogP contribution < -0.4 is 0 Å². The maximum absolute atomic E-state index is 11.5. The molecule has 1 N–H and O–H groups in total. The predicted octanol–water partition coefficient (Wildman–Crippen LogP) is 1.76. The Kier molecular flexibility index (Phi) is 2.57. The van der Waals surface area contributed by atoms with Gasteiger partial charge in [-0.25, -0.2) is 0 Å². The van der Waals surface area contributed by atoms with Gasteiger partial charge in [0.15, 0.2) is 0 Å². The fourth-order valence-corrected chi connectivity index (χ4v) is 1.93. The Bertz CT molecular complexity index is 182. The zero-order valence-corrected chi connectivity index (χ0v) is 8.13. The monoisotopic (exact) mass is 170 g/mol. The molecule has 0 radical (unpaired) electrons. The van der Waals surface area contributed by atoms with Gasteiger partial charge in [-0.3, -0.25) is 4.79 Å². The van der Waals surface area contributed by atoms with Gasteiger partial charge in [0.2, 0.25) is 0 Å². The highest BCUT2D eigenvalue weighted by Crippen LogP contribution is 2.32. The van der Waals surface area contributed by atoms with Crippen LogP contribution in [-0.2, 0) is 4.79 Å². The van der Waals surface area contributed by atoms with Crippen LogP contribution in [0, 0.1) is 11.8 Å². The van der Waals surface area contributed by atoms with Gasteiger partial charge in [0.05, 0.1) is 5.60 Å². The molecule has 0 amide bonds. The molecule has 0 heterocycles. The molecule has 0 aromatic heterocycles. The molecule has 0 aromatic rings. The van der Waals surface area contributed by atoms with Crippen LogP contribution >= 0.6 is 0 Å². The van der Waals surface area contributed by atoms with E-state index in [9.17, 15) is 9.90 Å². The maximum atomic E-state index is 11.5. The Morgan fingerprint density at radius 3 is 2.58 bits per heavy atom. The number of carbonyl (C=O) groups excluding carboxylic acids is 1. The van der Waals surface area contributed by atoms with E-state index >= 15 is 0 Å². The molecular formula is C10H18O2. The summed E-state index contributed by atoms with van der Waals surface area (Å²) < 4.78 is 0. The molecule has 2 heteroatoms. The number of ketones is 1. The van der Waals surface area contributed by atoms with Gasteiger partial charge in [-0.2, -0.15) is 0 Å². The number of aliphatic hydroxyl groups is 1. The number of hydrogen-bond acceptors (Lipinski definition) is 2. The number of carbonyl (C=O) groups is 1. The highest BCUT2D eigenvalue weighted by Gasteiger charge is 2.35. The second kappa shape index (κ2) is 3.17. The third-order valence-electron chi connectivity index (χ3n) is 2.77. The molecule has 0 aliphatic heterocycles. The molecule has 1 aliphatic carbocycles. The van der Waals surface area contributed by atoms with Crippen molar-refractivity contribution in [2.45, 2.75) is 45.6 Å². The molecule has 0 bridgehead atoms. The molecule has 1 aliphatic rings. The van der Waals surface area contributed by atoms with E-state index in [2.05, 4.69) is 13.8 Å². The molecule has 2 atom stereocenters. The number of hydrogen-bond donors (Lipinski definition) is 1. The van der Waals surface area contributed by atoms with E-state index in [0.29, 0.717) is 12.3 Å². The normalized spacial score (nSPS) is 37.4. The number of Topliss-reactive ketones (excluding diaryl/α,β-unsaturated/α-hetero) is 1. The Hall–Kier alpha value is -0.370. The van der Waals surface area contributed by atoms with Gasteiger partial charge >= 0.3 is 0 Å². The first-order valence-corrected chi connectivity index (χ1v) is 4.67. The van der Waals surface area contributed by atoms with Crippen molar-refractivity contribution in [3.05, 3.63) is 0 Å². The summed E-state index contributed by atoms with van der Waals surface area (Å²) in [6.45, 7) is 5.90. The summed E-state index contributed by atoms with van der Waals surface area (Å²) in [5.74, 6) is 0.847. The molecule has 0 unspecified atom stereocenters. The lowest BCUT2D eigenvalue weighted by molar-refractivity contribution is -0.133. The van der Waals surface area contributed by atoms with Crippen LogP contribution in [0.5, 0.6) is 0 Å². The van der Waals surface area contributed by atoms with Gasteiger partial charge in [-0.15, -0.1) is 0 Å². The minimum atomic E-state index is -0.734. The van der Waals surface area contributed by atoms with Crippen LogP contribution in [0.25, 0.3) is 0 Å². The molecule has 0 saturated heterocycles. The fourth-order valence-electron chi connectivity index (χ4n) is 1.93. The lowest BCUT2D eigenvalue weighted by Gasteiger charge is -2.33. The van der Waals surface area contributed by atoms with E-state index in [1.54, 1.807) is 6.92 Å². The van der Waals surface area contributed by atoms with Crippen LogP contribution in [0.1, 0.15) is 40.0 Å². The van der Waals surface area contributed by atoms with Crippen LogP contribution in [-0.4, -0.2) is 16.5 Å². The highest BCUT2D eigenvalue weighted by molar-refractivity contribution is 5.83. The summed E-state index contributed by atoms with van der Waals surface area (Å²) in [5.41, 5.74) is -0.734. The van der Waals surface area contributed by atoms with Crippen molar-refractivity contribution in [2.75, 3.05) is 0 Å². The van der Waals surface area contributed by atoms with Gasteiger partial charge < -0.3 is 5.11 Å². The summed E-state index contributed by atoms with van der Waals surface area (Å²) in [5, 5.41) is 9.62. The van der Waals surface area contributed by atoms with E-state index in [0.717, 1.165) is 12.8 Å². The summed E-state index contributed by atoms with van der Waals surface area (Å²) in [6, 6.07) is 0. The van der Waals surface area contributed by atoms with Crippen molar-refractivity contribution in [1.29, 1.82) is 0 Å². The van der Waals surface area contributed by atoms with Crippen molar-refractivity contribution >= 4 is 5.78 Å². The molecular weight excluding hydrogens is 152 g/mol. The molecule has 0 spiro atoms. The van der Waals surface area contributed by atoms with Crippen LogP contribution in [0.4, 0.5) is 0 Å². The summed E-state index contributed by atoms with van der Waals surface area (Å²) in [6.07, 6.45) is 1.96. The second-order valence-electron chi connectivity index (χ2n) is 4.53. The van der Waals surface area contributed by atoms with E-state index < -0.39 is 5.60 Å². The van der Waals surface area contributed by atoms with Crippen molar-refractivity contribution in [2.24, 2.45) is 11.8 Å². The second-order valence-corrected chi connectivity index (χ2v) is 4.53. The van der Waals surface area contributed by atoms with E-state index in [-0.39, 0.29) is 11.7 Å². The molecule has 1 fully saturated rings. The van der Waals surface area contributed by atoms with Crippen molar-refractivity contribution in [3.63, 3.8) is 0 Å². The third-order valence-corrected chi connectivity index (χ3v) is 2.77. The Morgan fingerprint density at radius 1 is 1.58 bits per heavy atom. The minimum absolute atomic E-state index is 0.185. The lowest BCUT2D eigenvalue weighted by Crippen LogP contribution is -2.38. The Labute approximate surface area is 74.0 Å². The average molecular weight is 170 g/mol. The summed E-state index contributed by atoms with van der Waals surface area (Å²) in [7, 11) is 0. The highest BCUT2D eigenvalue weighted by atomic mass is 16.3. The van der Waals surface area contributed by atoms with Crippen molar-refractivity contribution in [3.8, 4) is 0 Å². The Morgan fingerprint density at radius 2 is 2.17 bits per heavy atom. The fraction of sp³-hybridized carbons (Fsp3) is 0.900. The van der Waals surface area contributed by atoms with E-state index in [1.807, 2.05) is 0 Å². The van der Waals surface area contributed by atoms with Crippen LogP contribution in [0.2, 0.25) is 0 Å². The number of rotatable bonds is 1. The SMILES string of the molecule is CC(C)[C@@H]1CC[C@](C)(O)CC1=O. The standard InChI is InChI=1S/C10H18O2/c1-7(2)8-4-5-10(3,12)6-9(8)11/h7-8,12H,4-6H2,1-3H3/t8-,10-/m0/s1. The quantitative estimate of drug-likeness (QED) is 0.651. The smallest absolute Gasteiger partial charge is 0.139 e. The minimum Gasteiger partial charge on any atom is -0.390 e. The molecule has 1 rings (SSSR count).